The summed E-state index contributed by atoms with van der Waals surface area (Å²) >= 11 is 1.37. The third-order valence-electron chi connectivity index (χ3n) is 3.21. The number of nitrogens with two attached hydrogens (primary N) is 1. The van der Waals surface area contributed by atoms with Gasteiger partial charge in [-0.15, -0.1) is 11.3 Å². The molecule has 1 aromatic rings. The zero-order chi connectivity index (χ0) is 15.4. The molecular formula is C14H26N2O2S2. The largest absolute Gasteiger partial charge is 0.330 e. The molecule has 2 N–H and O–H groups in total. The summed E-state index contributed by atoms with van der Waals surface area (Å²) in [5.41, 5.74) is 5.52. The molecule has 0 saturated heterocycles. The van der Waals surface area contributed by atoms with E-state index < -0.39 is 10.0 Å². The standard InChI is InChI=1S/C14H26N2O2S2/c1-5-9-16(11-14(3,4)10-15)20(17,18)13-8-7-12(6-2)19-13/h7-8H,5-6,9-11,15H2,1-4H3. The van der Waals surface area contributed by atoms with E-state index in [1.807, 2.05) is 33.8 Å². The van der Waals surface area contributed by atoms with E-state index >= 15 is 0 Å². The maximum absolute atomic E-state index is 12.7. The fourth-order valence-electron chi connectivity index (χ4n) is 1.89. The van der Waals surface area contributed by atoms with Crippen LogP contribution in [-0.2, 0) is 16.4 Å². The average molecular weight is 319 g/mol. The van der Waals surface area contributed by atoms with Crippen molar-refractivity contribution in [2.45, 2.75) is 44.7 Å². The lowest BCUT2D eigenvalue weighted by molar-refractivity contribution is 0.267. The van der Waals surface area contributed by atoms with Gasteiger partial charge in [0, 0.05) is 18.0 Å². The maximum atomic E-state index is 12.7. The van der Waals surface area contributed by atoms with Crippen LogP contribution in [0, 0.1) is 5.41 Å². The van der Waals surface area contributed by atoms with E-state index in [2.05, 4.69) is 0 Å². The van der Waals surface area contributed by atoms with Crippen LogP contribution in [0.25, 0.3) is 0 Å². The normalized spacial score (nSPS) is 13.1. The highest BCUT2D eigenvalue weighted by Gasteiger charge is 2.30. The number of sulfonamides is 1. The molecule has 0 spiro atoms. The van der Waals surface area contributed by atoms with Gasteiger partial charge in [0.25, 0.3) is 10.0 Å². The molecule has 0 unspecified atom stereocenters. The van der Waals surface area contributed by atoms with Crippen LogP contribution in [0.1, 0.15) is 39.0 Å². The second kappa shape index (κ2) is 7.02. The van der Waals surface area contributed by atoms with E-state index in [-0.39, 0.29) is 5.41 Å². The number of nitrogens with zero attached hydrogens (tertiary/aromatic N) is 1. The van der Waals surface area contributed by atoms with Gasteiger partial charge < -0.3 is 5.73 Å². The first-order valence-corrected chi connectivity index (χ1v) is 9.31. The van der Waals surface area contributed by atoms with Crippen molar-refractivity contribution in [3.63, 3.8) is 0 Å². The summed E-state index contributed by atoms with van der Waals surface area (Å²) in [5, 5.41) is 0. The highest BCUT2D eigenvalue weighted by Crippen LogP contribution is 2.27. The van der Waals surface area contributed by atoms with Gasteiger partial charge in [-0.3, -0.25) is 0 Å². The zero-order valence-electron chi connectivity index (χ0n) is 12.8. The van der Waals surface area contributed by atoms with Crippen molar-refractivity contribution >= 4 is 21.4 Å². The predicted octanol–water partition coefficient (Wildman–Crippen LogP) is 2.70. The van der Waals surface area contributed by atoms with Crippen molar-refractivity contribution in [3.8, 4) is 0 Å². The second-order valence-corrected chi connectivity index (χ2v) is 9.11. The van der Waals surface area contributed by atoms with Gasteiger partial charge in [-0.25, -0.2) is 8.42 Å². The van der Waals surface area contributed by atoms with Crippen LogP contribution in [0.3, 0.4) is 0 Å². The summed E-state index contributed by atoms with van der Waals surface area (Å²) in [6.07, 6.45) is 1.66. The molecule has 0 fully saturated rings. The van der Waals surface area contributed by atoms with E-state index in [9.17, 15) is 8.42 Å². The first-order chi connectivity index (χ1) is 9.26. The summed E-state index contributed by atoms with van der Waals surface area (Å²) in [4.78, 5) is 1.10. The zero-order valence-corrected chi connectivity index (χ0v) is 14.5. The Hall–Kier alpha value is -0.430. The monoisotopic (exact) mass is 318 g/mol. The number of hydrogen-bond donors (Lipinski definition) is 1. The smallest absolute Gasteiger partial charge is 0.252 e. The van der Waals surface area contributed by atoms with E-state index in [4.69, 9.17) is 5.73 Å². The second-order valence-electron chi connectivity index (χ2n) is 5.78. The Bertz CT molecular complexity index is 521. The lowest BCUT2D eigenvalue weighted by Gasteiger charge is -2.30. The number of thiophene rings is 1. The Kier molecular flexibility index (Phi) is 6.19. The van der Waals surface area contributed by atoms with Crippen LogP contribution in [-0.4, -0.2) is 32.4 Å². The minimum Gasteiger partial charge on any atom is -0.330 e. The highest BCUT2D eigenvalue weighted by atomic mass is 32.2. The Morgan fingerprint density at radius 3 is 2.40 bits per heavy atom. The SMILES string of the molecule is CCCN(CC(C)(C)CN)S(=O)(=O)c1ccc(CC)s1. The van der Waals surface area contributed by atoms with Crippen molar-refractivity contribution in [1.29, 1.82) is 0 Å². The van der Waals surface area contributed by atoms with Gasteiger partial charge in [0.2, 0.25) is 0 Å². The molecule has 0 saturated carbocycles. The molecule has 0 bridgehead atoms. The van der Waals surface area contributed by atoms with Crippen LogP contribution in [0.2, 0.25) is 0 Å². The number of hydrogen-bond acceptors (Lipinski definition) is 4. The Morgan fingerprint density at radius 2 is 1.95 bits per heavy atom. The molecule has 0 aliphatic rings. The van der Waals surface area contributed by atoms with Crippen molar-refractivity contribution < 1.29 is 8.42 Å². The van der Waals surface area contributed by atoms with Crippen LogP contribution in [0.4, 0.5) is 0 Å². The topological polar surface area (TPSA) is 63.4 Å². The van der Waals surface area contributed by atoms with Gasteiger partial charge in [-0.2, -0.15) is 4.31 Å². The molecule has 0 aliphatic carbocycles. The van der Waals surface area contributed by atoms with Crippen molar-refractivity contribution in [3.05, 3.63) is 17.0 Å². The van der Waals surface area contributed by atoms with E-state index in [0.717, 1.165) is 17.7 Å². The minimum atomic E-state index is -3.40. The van der Waals surface area contributed by atoms with E-state index in [1.165, 1.54) is 11.3 Å². The Morgan fingerprint density at radius 1 is 1.30 bits per heavy atom. The van der Waals surface area contributed by atoms with Gasteiger partial charge in [0.15, 0.2) is 0 Å². The molecule has 4 nitrogen and oxygen atoms in total. The molecule has 0 aromatic carbocycles. The molecular weight excluding hydrogens is 292 g/mol. The minimum absolute atomic E-state index is 0.215. The number of aryl methyl sites for hydroxylation is 1. The molecule has 6 heteroatoms. The summed E-state index contributed by atoms with van der Waals surface area (Å²) in [5.74, 6) is 0. The molecule has 1 aromatic heterocycles. The highest BCUT2D eigenvalue weighted by molar-refractivity contribution is 7.91. The molecule has 1 heterocycles. The lowest BCUT2D eigenvalue weighted by atomic mass is 9.94. The van der Waals surface area contributed by atoms with Crippen LogP contribution in [0.5, 0.6) is 0 Å². The van der Waals surface area contributed by atoms with Gasteiger partial charge in [-0.1, -0.05) is 27.7 Å². The first-order valence-electron chi connectivity index (χ1n) is 7.05. The Labute approximate surface area is 127 Å². The first kappa shape index (κ1) is 17.6. The van der Waals surface area contributed by atoms with Gasteiger partial charge in [0.05, 0.1) is 0 Å². The summed E-state index contributed by atoms with van der Waals surface area (Å²) in [6.45, 7) is 9.47. The molecule has 0 aliphatic heterocycles. The molecule has 0 amide bonds. The molecule has 116 valence electrons. The van der Waals surface area contributed by atoms with Crippen molar-refractivity contribution in [2.24, 2.45) is 11.1 Å². The molecule has 0 radical (unpaired) electrons. The van der Waals surface area contributed by atoms with E-state index in [1.54, 1.807) is 10.4 Å². The van der Waals surface area contributed by atoms with Crippen LogP contribution >= 0.6 is 11.3 Å². The number of rotatable bonds is 8. The predicted molar refractivity (Wildman–Crippen MR) is 85.6 cm³/mol. The third-order valence-corrected chi connectivity index (χ3v) is 6.75. The summed E-state index contributed by atoms with van der Waals surface area (Å²) in [6, 6.07) is 3.62. The quantitative estimate of drug-likeness (QED) is 0.801. The fourth-order valence-corrected chi connectivity index (χ4v) is 5.06. The van der Waals surface area contributed by atoms with Crippen LogP contribution < -0.4 is 5.73 Å². The van der Waals surface area contributed by atoms with Gasteiger partial charge >= 0.3 is 0 Å². The van der Waals surface area contributed by atoms with Crippen LogP contribution in [0.15, 0.2) is 16.3 Å². The van der Waals surface area contributed by atoms with Crippen molar-refractivity contribution in [1.82, 2.24) is 4.31 Å². The van der Waals surface area contributed by atoms with Crippen molar-refractivity contribution in [2.75, 3.05) is 19.6 Å². The molecule has 0 atom stereocenters. The third kappa shape index (κ3) is 4.28. The average Bonchev–Trinajstić information content (AvgIpc) is 2.87. The summed E-state index contributed by atoms with van der Waals surface area (Å²) in [7, 11) is -3.40. The fraction of sp³-hybridized carbons (Fsp3) is 0.714. The van der Waals surface area contributed by atoms with Gasteiger partial charge in [0.1, 0.15) is 4.21 Å². The Balaban J connectivity index is 3.05. The molecule has 1 rings (SSSR count). The lowest BCUT2D eigenvalue weighted by Crippen LogP contribution is -2.42. The maximum Gasteiger partial charge on any atom is 0.252 e. The molecule has 20 heavy (non-hydrogen) atoms. The van der Waals surface area contributed by atoms with E-state index in [0.29, 0.717) is 23.8 Å². The van der Waals surface area contributed by atoms with Gasteiger partial charge in [-0.05, 0) is 36.9 Å². The summed E-state index contributed by atoms with van der Waals surface area (Å²) < 4.78 is 27.5.